The maximum atomic E-state index is 6.63. The molecule has 5 aromatic heterocycles. The van der Waals surface area contributed by atoms with Crippen molar-refractivity contribution in [2.45, 2.75) is 52.4 Å². The first-order valence-corrected chi connectivity index (χ1v) is 20.0. The molecule has 0 saturated carbocycles. The van der Waals surface area contributed by atoms with Crippen LogP contribution in [0.3, 0.4) is 0 Å². The topological polar surface area (TPSA) is 65.7 Å². The van der Waals surface area contributed by atoms with Gasteiger partial charge in [-0.3, -0.25) is 4.98 Å². The Balaban J connectivity index is 0.00000413. The molecular formula is C46H39N5OPtSi. The summed E-state index contributed by atoms with van der Waals surface area (Å²) in [7, 11) is -2.90. The van der Waals surface area contributed by atoms with E-state index in [2.05, 4.69) is 148 Å². The van der Waals surface area contributed by atoms with Crippen LogP contribution in [0.4, 0.5) is 0 Å². The minimum Gasteiger partial charge on any atom is -0.501 e. The second kappa shape index (κ2) is 13.3. The van der Waals surface area contributed by atoms with E-state index in [1.807, 2.05) is 43.1 Å². The van der Waals surface area contributed by atoms with Crippen molar-refractivity contribution in [1.82, 2.24) is 24.5 Å². The van der Waals surface area contributed by atoms with Crippen molar-refractivity contribution in [2.24, 2.45) is 0 Å². The Morgan fingerprint density at radius 1 is 0.648 bits per heavy atom. The third-order valence-corrected chi connectivity index (χ3v) is 15.2. The minimum absolute atomic E-state index is 0. The van der Waals surface area contributed by atoms with Crippen molar-refractivity contribution in [3.8, 4) is 28.6 Å². The first kappa shape index (κ1) is 35.8. The van der Waals surface area contributed by atoms with Crippen LogP contribution < -0.4 is 25.6 Å². The fourth-order valence-electron chi connectivity index (χ4n) is 7.98. The van der Waals surface area contributed by atoms with Crippen LogP contribution in [0.2, 0.25) is 0 Å². The molecule has 0 saturated heterocycles. The average Bonchev–Trinajstić information content (AvgIpc) is 3.65. The standard InChI is InChI=1S/C46H39N5OSi.Pt/c1-45(2,3)30-19-23-48-41(25-30)51-39-21-22-47-29-37(39)35-18-17-31(27-40(35)51)52-32-26-36-42-43(38(20-24-49-42)46(4,5)6)53(44(36)50-28-32,33-13-9-7-10-14-33)34-15-11-8-12-16-34;/h7-25,28-29H,1-6H3;/q-2;+2. The molecule has 1 aliphatic rings. The van der Waals surface area contributed by atoms with Gasteiger partial charge in [-0.1, -0.05) is 129 Å². The summed E-state index contributed by atoms with van der Waals surface area (Å²) < 4.78 is 8.78. The number of hydrogen-bond donors (Lipinski definition) is 0. The maximum absolute atomic E-state index is 6.63. The smallest absolute Gasteiger partial charge is 0.501 e. The van der Waals surface area contributed by atoms with Crippen molar-refractivity contribution < 1.29 is 25.8 Å². The molecule has 0 fully saturated rings. The molecule has 0 atom stereocenters. The van der Waals surface area contributed by atoms with Gasteiger partial charge in [0, 0.05) is 36.1 Å². The molecule has 1 aliphatic heterocycles. The van der Waals surface area contributed by atoms with E-state index < -0.39 is 8.07 Å². The monoisotopic (exact) mass is 900 g/mol. The molecule has 54 heavy (non-hydrogen) atoms. The SMILES string of the molecule is CC(C)(C)c1ccnc(-n2c3[c-]c(Oc4[c-]c5c(nc4)[Si](c4ccccc4)(c4ccccc4)c4c(C(C)(C)C)ccnc4-5)ccc3c3cnccc32)c1.[Pt+2]. The summed E-state index contributed by atoms with van der Waals surface area (Å²) >= 11 is 0. The fraction of sp³-hybridized carbons (Fsp3) is 0.174. The van der Waals surface area contributed by atoms with Crippen molar-refractivity contribution >= 4 is 50.8 Å². The van der Waals surface area contributed by atoms with E-state index in [4.69, 9.17) is 19.7 Å². The van der Waals surface area contributed by atoms with Crippen LogP contribution in [0, 0.1) is 12.1 Å². The first-order valence-electron chi connectivity index (χ1n) is 18.0. The van der Waals surface area contributed by atoms with E-state index in [1.54, 1.807) is 0 Å². The number of fused-ring (bicyclic) bond motifs is 6. The van der Waals surface area contributed by atoms with Gasteiger partial charge in [-0.15, -0.1) is 23.1 Å². The molecule has 3 aromatic carbocycles. The number of benzene rings is 3. The summed E-state index contributed by atoms with van der Waals surface area (Å²) in [6.45, 7) is 13.5. The van der Waals surface area contributed by atoms with E-state index in [0.717, 1.165) is 44.2 Å². The van der Waals surface area contributed by atoms with Gasteiger partial charge in [0.1, 0.15) is 13.9 Å². The molecule has 6 heterocycles. The molecule has 6 nitrogen and oxygen atoms in total. The van der Waals surface area contributed by atoms with E-state index >= 15 is 0 Å². The summed E-state index contributed by atoms with van der Waals surface area (Å²) in [6, 6.07) is 41.5. The van der Waals surface area contributed by atoms with Crippen LogP contribution in [0.15, 0.2) is 128 Å². The molecule has 8 heteroatoms. The van der Waals surface area contributed by atoms with Crippen LogP contribution in [0.5, 0.6) is 11.5 Å². The second-order valence-electron chi connectivity index (χ2n) is 15.9. The Morgan fingerprint density at radius 3 is 2.04 bits per heavy atom. The van der Waals surface area contributed by atoms with Crippen molar-refractivity contribution in [2.75, 3.05) is 0 Å². The largest absolute Gasteiger partial charge is 2.00 e. The number of ether oxygens (including phenoxy) is 1. The number of hydrogen-bond acceptors (Lipinski definition) is 5. The van der Waals surface area contributed by atoms with Gasteiger partial charge in [0.15, 0.2) is 0 Å². The first-order chi connectivity index (χ1) is 25.5. The van der Waals surface area contributed by atoms with Gasteiger partial charge in [0.05, 0.1) is 5.75 Å². The molecular weight excluding hydrogens is 862 g/mol. The van der Waals surface area contributed by atoms with Crippen molar-refractivity contribution in [3.63, 3.8) is 0 Å². The Labute approximate surface area is 331 Å². The van der Waals surface area contributed by atoms with Crippen molar-refractivity contribution in [1.29, 1.82) is 0 Å². The van der Waals surface area contributed by atoms with Crippen LogP contribution in [-0.2, 0) is 31.9 Å². The molecule has 0 N–H and O–H groups in total. The second-order valence-corrected chi connectivity index (χ2v) is 19.5. The Hall–Kier alpha value is -5.23. The average molecular weight is 901 g/mol. The van der Waals surface area contributed by atoms with Gasteiger partial charge in [-0.05, 0) is 68.8 Å². The Kier molecular flexibility index (Phi) is 8.78. The van der Waals surface area contributed by atoms with Gasteiger partial charge >= 0.3 is 21.1 Å². The molecule has 0 bridgehead atoms. The molecule has 0 spiro atoms. The van der Waals surface area contributed by atoms with Gasteiger partial charge in [0.2, 0.25) is 0 Å². The fourth-order valence-corrected chi connectivity index (χ4v) is 13.3. The van der Waals surface area contributed by atoms with Crippen molar-refractivity contribution in [3.05, 3.63) is 151 Å². The number of pyridine rings is 4. The van der Waals surface area contributed by atoms with Gasteiger partial charge in [-0.2, -0.15) is 6.07 Å². The zero-order valence-corrected chi connectivity index (χ0v) is 34.4. The molecule has 268 valence electrons. The van der Waals surface area contributed by atoms with E-state index in [0.29, 0.717) is 11.5 Å². The zero-order valence-electron chi connectivity index (χ0n) is 31.1. The molecule has 0 amide bonds. The van der Waals surface area contributed by atoms with Crippen LogP contribution in [-0.4, -0.2) is 32.6 Å². The number of nitrogens with zero attached hydrogens (tertiary/aromatic N) is 5. The molecule has 9 rings (SSSR count). The summed E-state index contributed by atoms with van der Waals surface area (Å²) in [4.78, 5) is 19.7. The van der Waals surface area contributed by atoms with Crippen LogP contribution in [0.1, 0.15) is 52.7 Å². The quantitative estimate of drug-likeness (QED) is 0.131. The van der Waals surface area contributed by atoms with Gasteiger partial charge in [0.25, 0.3) is 0 Å². The molecule has 8 aromatic rings. The van der Waals surface area contributed by atoms with Crippen LogP contribution in [0.25, 0.3) is 38.9 Å². The van der Waals surface area contributed by atoms with Gasteiger partial charge < -0.3 is 19.3 Å². The summed E-state index contributed by atoms with van der Waals surface area (Å²) in [5.41, 5.74) is 6.01. The summed E-state index contributed by atoms with van der Waals surface area (Å²) in [5.74, 6) is 1.89. The minimum atomic E-state index is -2.90. The van der Waals surface area contributed by atoms with Crippen LogP contribution >= 0.6 is 0 Å². The molecule has 0 unspecified atom stereocenters. The maximum Gasteiger partial charge on any atom is 2.00 e. The predicted molar refractivity (Wildman–Crippen MR) is 216 cm³/mol. The Morgan fingerprint density at radius 2 is 1.35 bits per heavy atom. The zero-order chi connectivity index (χ0) is 36.5. The third kappa shape index (κ3) is 5.64. The van der Waals surface area contributed by atoms with E-state index in [-0.39, 0.29) is 31.9 Å². The molecule has 0 radical (unpaired) electrons. The summed E-state index contributed by atoms with van der Waals surface area (Å²) in [5, 5.41) is 6.89. The third-order valence-electron chi connectivity index (χ3n) is 10.4. The summed E-state index contributed by atoms with van der Waals surface area (Å²) in [6.07, 6.45) is 9.36. The van der Waals surface area contributed by atoms with Gasteiger partial charge in [-0.25, -0.2) is 4.98 Å². The Bertz CT molecular complexity index is 2640. The number of aromatic nitrogens is 5. The molecule has 0 aliphatic carbocycles. The normalized spacial score (nSPS) is 13.4. The van der Waals surface area contributed by atoms with E-state index in [1.165, 1.54) is 26.7 Å². The number of rotatable bonds is 5. The van der Waals surface area contributed by atoms with E-state index in [9.17, 15) is 0 Å². The predicted octanol–water partition coefficient (Wildman–Crippen LogP) is 7.71.